The van der Waals surface area contributed by atoms with Gasteiger partial charge in [-0.05, 0) is 19.1 Å². The summed E-state index contributed by atoms with van der Waals surface area (Å²) in [6.07, 6.45) is 0. The highest BCUT2D eigenvalue weighted by atomic mass is 16.5. The van der Waals surface area contributed by atoms with Crippen LogP contribution in [0.5, 0.6) is 11.5 Å². The predicted octanol–water partition coefficient (Wildman–Crippen LogP) is 1.10. The summed E-state index contributed by atoms with van der Waals surface area (Å²) in [5, 5.41) is 0. The van der Waals surface area contributed by atoms with E-state index >= 15 is 0 Å². The van der Waals surface area contributed by atoms with E-state index in [9.17, 15) is 9.59 Å². The number of hydrogen-bond acceptors (Lipinski definition) is 5. The SMILES string of the molecule is CCN(CC(=O)OC)C(=O)COc1ccccc1OC. The highest BCUT2D eigenvalue weighted by Gasteiger charge is 2.17. The average Bonchev–Trinajstić information content (AvgIpc) is 2.50. The fourth-order valence-electron chi connectivity index (χ4n) is 1.57. The van der Waals surface area contributed by atoms with Crippen LogP contribution >= 0.6 is 0 Å². The van der Waals surface area contributed by atoms with Gasteiger partial charge in [-0.25, -0.2) is 0 Å². The first-order valence-electron chi connectivity index (χ1n) is 6.22. The van der Waals surface area contributed by atoms with E-state index in [1.165, 1.54) is 19.1 Å². The van der Waals surface area contributed by atoms with Crippen molar-refractivity contribution in [1.29, 1.82) is 0 Å². The zero-order valence-corrected chi connectivity index (χ0v) is 11.9. The van der Waals surface area contributed by atoms with Gasteiger partial charge in [0.1, 0.15) is 6.54 Å². The van der Waals surface area contributed by atoms with Gasteiger partial charge in [-0.15, -0.1) is 0 Å². The van der Waals surface area contributed by atoms with Gasteiger partial charge >= 0.3 is 5.97 Å². The molecule has 20 heavy (non-hydrogen) atoms. The molecule has 0 spiro atoms. The fourth-order valence-corrected chi connectivity index (χ4v) is 1.57. The van der Waals surface area contributed by atoms with Crippen LogP contribution in [0, 0.1) is 0 Å². The number of rotatable bonds is 7. The number of carbonyl (C=O) groups excluding carboxylic acids is 2. The lowest BCUT2D eigenvalue weighted by Crippen LogP contribution is -2.38. The standard InChI is InChI=1S/C14H19NO5/c1-4-15(9-14(17)19-3)13(16)10-20-12-8-6-5-7-11(12)18-2/h5-8H,4,9-10H2,1-3H3. The molecule has 0 saturated carbocycles. The van der Waals surface area contributed by atoms with Gasteiger partial charge in [0.05, 0.1) is 14.2 Å². The lowest BCUT2D eigenvalue weighted by atomic mass is 10.3. The molecule has 0 aliphatic heterocycles. The van der Waals surface area contributed by atoms with Gasteiger partial charge in [0.2, 0.25) is 0 Å². The van der Waals surface area contributed by atoms with Gasteiger partial charge in [-0.1, -0.05) is 12.1 Å². The number of para-hydroxylation sites is 2. The second kappa shape index (κ2) is 8.04. The summed E-state index contributed by atoms with van der Waals surface area (Å²) < 4.78 is 15.1. The first-order valence-corrected chi connectivity index (χ1v) is 6.22. The zero-order valence-electron chi connectivity index (χ0n) is 11.9. The smallest absolute Gasteiger partial charge is 0.325 e. The van der Waals surface area contributed by atoms with Gasteiger partial charge in [-0.3, -0.25) is 9.59 Å². The van der Waals surface area contributed by atoms with Gasteiger partial charge in [-0.2, -0.15) is 0 Å². The lowest BCUT2D eigenvalue weighted by Gasteiger charge is -2.19. The van der Waals surface area contributed by atoms with E-state index in [-0.39, 0.29) is 19.1 Å². The van der Waals surface area contributed by atoms with Crippen LogP contribution in [-0.4, -0.2) is 50.7 Å². The number of esters is 1. The maximum absolute atomic E-state index is 12.0. The molecule has 1 aromatic carbocycles. The molecule has 6 nitrogen and oxygen atoms in total. The quantitative estimate of drug-likeness (QED) is 0.700. The third-order valence-electron chi connectivity index (χ3n) is 2.70. The molecule has 0 aromatic heterocycles. The van der Waals surface area contributed by atoms with E-state index in [0.29, 0.717) is 18.0 Å². The van der Waals surface area contributed by atoms with Crippen molar-refractivity contribution in [2.45, 2.75) is 6.92 Å². The van der Waals surface area contributed by atoms with Crippen molar-refractivity contribution >= 4 is 11.9 Å². The molecule has 0 aliphatic carbocycles. The van der Waals surface area contributed by atoms with Gasteiger partial charge in [0.25, 0.3) is 5.91 Å². The topological polar surface area (TPSA) is 65.1 Å². The number of carbonyl (C=O) groups is 2. The number of likely N-dealkylation sites (N-methyl/N-ethyl adjacent to an activating group) is 1. The predicted molar refractivity (Wildman–Crippen MR) is 72.8 cm³/mol. The molecule has 0 fully saturated rings. The Bertz CT molecular complexity index is 461. The lowest BCUT2D eigenvalue weighted by molar-refractivity contribution is -0.147. The first-order chi connectivity index (χ1) is 9.62. The maximum atomic E-state index is 12.0. The molecular weight excluding hydrogens is 262 g/mol. The Hall–Kier alpha value is -2.24. The summed E-state index contributed by atoms with van der Waals surface area (Å²) in [6.45, 7) is 1.94. The zero-order chi connectivity index (χ0) is 15.0. The minimum Gasteiger partial charge on any atom is -0.493 e. The fraction of sp³-hybridized carbons (Fsp3) is 0.429. The summed E-state index contributed by atoms with van der Waals surface area (Å²) in [5.74, 6) is 0.287. The second-order valence-electron chi connectivity index (χ2n) is 3.92. The van der Waals surface area contributed by atoms with Crippen molar-refractivity contribution in [3.05, 3.63) is 24.3 Å². The third kappa shape index (κ3) is 4.46. The van der Waals surface area contributed by atoms with Gasteiger partial charge in [0.15, 0.2) is 18.1 Å². The van der Waals surface area contributed by atoms with Gasteiger partial charge < -0.3 is 19.1 Å². The van der Waals surface area contributed by atoms with E-state index in [0.717, 1.165) is 0 Å². The molecule has 0 unspecified atom stereocenters. The van der Waals surface area contributed by atoms with Crippen molar-refractivity contribution < 1.29 is 23.8 Å². The van der Waals surface area contributed by atoms with Crippen LogP contribution in [0.15, 0.2) is 24.3 Å². The van der Waals surface area contributed by atoms with E-state index < -0.39 is 5.97 Å². The second-order valence-corrected chi connectivity index (χ2v) is 3.92. The van der Waals surface area contributed by atoms with Crippen molar-refractivity contribution in [3.8, 4) is 11.5 Å². The number of methoxy groups -OCH3 is 2. The molecule has 1 amide bonds. The Balaban J connectivity index is 2.59. The summed E-state index contributed by atoms with van der Waals surface area (Å²) in [7, 11) is 2.81. The van der Waals surface area contributed by atoms with E-state index in [1.807, 2.05) is 6.07 Å². The van der Waals surface area contributed by atoms with Crippen LogP contribution in [0.3, 0.4) is 0 Å². The van der Waals surface area contributed by atoms with Crippen LogP contribution in [0.4, 0.5) is 0 Å². The van der Waals surface area contributed by atoms with Crippen molar-refractivity contribution in [2.24, 2.45) is 0 Å². The maximum Gasteiger partial charge on any atom is 0.325 e. The molecule has 110 valence electrons. The molecule has 1 aromatic rings. The largest absolute Gasteiger partial charge is 0.493 e. The molecule has 6 heteroatoms. The number of amides is 1. The number of ether oxygens (including phenoxy) is 3. The highest BCUT2D eigenvalue weighted by molar-refractivity contribution is 5.83. The minimum absolute atomic E-state index is 0.0822. The van der Waals surface area contributed by atoms with E-state index in [4.69, 9.17) is 9.47 Å². The molecule has 0 heterocycles. The Kier molecular flexibility index (Phi) is 6.36. The number of hydrogen-bond donors (Lipinski definition) is 0. The monoisotopic (exact) mass is 281 g/mol. The summed E-state index contributed by atoms with van der Waals surface area (Å²) in [4.78, 5) is 24.5. The Labute approximate surface area is 118 Å². The third-order valence-corrected chi connectivity index (χ3v) is 2.70. The molecule has 0 aliphatic rings. The minimum atomic E-state index is -0.461. The van der Waals surface area contributed by atoms with Crippen LogP contribution in [-0.2, 0) is 14.3 Å². The molecule has 0 bridgehead atoms. The van der Waals surface area contributed by atoms with Crippen LogP contribution < -0.4 is 9.47 Å². The first kappa shape index (κ1) is 15.8. The Morgan fingerprint density at radius 1 is 1.15 bits per heavy atom. The molecule has 1 rings (SSSR count). The van der Waals surface area contributed by atoms with Gasteiger partial charge in [0, 0.05) is 6.54 Å². The number of benzene rings is 1. The Morgan fingerprint density at radius 2 is 1.80 bits per heavy atom. The van der Waals surface area contributed by atoms with E-state index in [1.54, 1.807) is 25.1 Å². The summed E-state index contributed by atoms with van der Waals surface area (Å²) >= 11 is 0. The normalized spacial score (nSPS) is 9.75. The van der Waals surface area contributed by atoms with Crippen LogP contribution in [0.25, 0.3) is 0 Å². The summed E-state index contributed by atoms with van der Waals surface area (Å²) in [6, 6.07) is 7.05. The molecular formula is C14H19NO5. The molecule has 0 N–H and O–H groups in total. The summed E-state index contributed by atoms with van der Waals surface area (Å²) in [5.41, 5.74) is 0. The van der Waals surface area contributed by atoms with Crippen LogP contribution in [0.1, 0.15) is 6.92 Å². The Morgan fingerprint density at radius 3 is 2.35 bits per heavy atom. The van der Waals surface area contributed by atoms with Crippen LogP contribution in [0.2, 0.25) is 0 Å². The van der Waals surface area contributed by atoms with Crippen molar-refractivity contribution in [1.82, 2.24) is 4.90 Å². The van der Waals surface area contributed by atoms with E-state index in [2.05, 4.69) is 4.74 Å². The van der Waals surface area contributed by atoms with Crippen molar-refractivity contribution in [3.63, 3.8) is 0 Å². The molecule has 0 atom stereocenters. The molecule has 0 saturated heterocycles. The molecule has 0 radical (unpaired) electrons. The number of nitrogens with zero attached hydrogens (tertiary/aromatic N) is 1. The average molecular weight is 281 g/mol. The highest BCUT2D eigenvalue weighted by Crippen LogP contribution is 2.25. The van der Waals surface area contributed by atoms with Crippen molar-refractivity contribution in [2.75, 3.05) is 33.9 Å².